The zero-order valence-electron chi connectivity index (χ0n) is 19.4. The van der Waals surface area contributed by atoms with Gasteiger partial charge >= 0.3 is 0 Å². The summed E-state index contributed by atoms with van der Waals surface area (Å²) >= 11 is 0. The van der Waals surface area contributed by atoms with Crippen molar-refractivity contribution >= 4 is 23.1 Å². The van der Waals surface area contributed by atoms with E-state index in [2.05, 4.69) is 15.5 Å². The van der Waals surface area contributed by atoms with Gasteiger partial charge in [-0.1, -0.05) is 97.1 Å². The van der Waals surface area contributed by atoms with E-state index in [1.165, 1.54) is 0 Å². The van der Waals surface area contributed by atoms with Crippen LogP contribution >= 0.6 is 0 Å². The van der Waals surface area contributed by atoms with E-state index in [1.54, 1.807) is 6.21 Å². The van der Waals surface area contributed by atoms with E-state index >= 15 is 0 Å². The smallest absolute Gasteiger partial charge is 0.244 e. The first-order valence-electron chi connectivity index (χ1n) is 11.7. The fraction of sp³-hybridized carbons (Fsp3) is 0. The Kier molecular flexibility index (Phi) is 5.74. The van der Waals surface area contributed by atoms with Crippen LogP contribution in [0.5, 0.6) is 0 Å². The summed E-state index contributed by atoms with van der Waals surface area (Å²) in [6.07, 6.45) is 3.73. The van der Waals surface area contributed by atoms with Gasteiger partial charge in [-0.25, -0.2) is 20.1 Å². The maximum absolute atomic E-state index is 4.84. The lowest BCUT2D eigenvalue weighted by molar-refractivity contribution is 0.884. The molecule has 1 N–H and O–H groups in total. The van der Waals surface area contributed by atoms with Crippen molar-refractivity contribution in [2.24, 2.45) is 5.10 Å². The van der Waals surface area contributed by atoms with E-state index < -0.39 is 0 Å². The first-order chi connectivity index (χ1) is 17.8. The highest BCUT2D eigenvalue weighted by atomic mass is 15.3. The van der Waals surface area contributed by atoms with Crippen LogP contribution in [0.15, 0.2) is 127 Å². The number of anilines is 1. The van der Waals surface area contributed by atoms with Crippen LogP contribution in [0.3, 0.4) is 0 Å². The first kappa shape index (κ1) is 21.4. The molecule has 4 aromatic carbocycles. The van der Waals surface area contributed by atoms with Gasteiger partial charge in [0.1, 0.15) is 5.69 Å². The molecule has 0 spiro atoms. The summed E-state index contributed by atoms with van der Waals surface area (Å²) in [7, 11) is 0. The molecule has 2 heterocycles. The normalized spacial score (nSPS) is 11.2. The second-order valence-electron chi connectivity index (χ2n) is 8.23. The Morgan fingerprint density at radius 1 is 0.639 bits per heavy atom. The summed E-state index contributed by atoms with van der Waals surface area (Å²) < 4.78 is 1.86. The third-order valence-electron chi connectivity index (χ3n) is 5.83. The number of hydrogen-bond donors (Lipinski definition) is 1. The second-order valence-corrected chi connectivity index (χ2v) is 8.23. The molecule has 0 aliphatic heterocycles. The maximum atomic E-state index is 4.84. The molecule has 6 heteroatoms. The number of fused-ring (bicyclic) bond motifs is 1. The largest absolute Gasteiger partial charge is 0.245 e. The lowest BCUT2D eigenvalue weighted by Crippen LogP contribution is -2.00. The number of hydrazone groups is 1. The van der Waals surface area contributed by atoms with E-state index in [1.807, 2.05) is 126 Å². The standard InChI is InChI=1S/C30H22N6/c1-4-12-22(13-5-1)28-24(21-36(35-28)25-16-8-3-9-17-25)20-31-34-30-32-27-19-11-10-18-26(27)29(33-30)23-14-6-2-7-15-23/h1-21H,(H,32,33,34). The molecule has 0 bridgehead atoms. The highest BCUT2D eigenvalue weighted by Gasteiger charge is 2.12. The van der Waals surface area contributed by atoms with Gasteiger partial charge in [-0.3, -0.25) is 0 Å². The molecular formula is C30H22N6. The molecule has 0 atom stereocenters. The van der Waals surface area contributed by atoms with Crippen LogP contribution < -0.4 is 5.43 Å². The highest BCUT2D eigenvalue weighted by molar-refractivity contribution is 5.93. The van der Waals surface area contributed by atoms with E-state index in [0.29, 0.717) is 5.95 Å². The monoisotopic (exact) mass is 466 g/mol. The summed E-state index contributed by atoms with van der Waals surface area (Å²) in [5.41, 5.74) is 9.49. The average molecular weight is 467 g/mol. The van der Waals surface area contributed by atoms with Gasteiger partial charge < -0.3 is 0 Å². The summed E-state index contributed by atoms with van der Waals surface area (Å²) in [4.78, 5) is 9.45. The van der Waals surface area contributed by atoms with Crippen LogP contribution in [0.2, 0.25) is 0 Å². The molecule has 6 rings (SSSR count). The van der Waals surface area contributed by atoms with Crippen molar-refractivity contribution in [1.29, 1.82) is 0 Å². The molecule has 0 unspecified atom stereocenters. The minimum Gasteiger partial charge on any atom is -0.245 e. The van der Waals surface area contributed by atoms with Crippen LogP contribution in [0.25, 0.3) is 39.1 Å². The van der Waals surface area contributed by atoms with Crippen LogP contribution in [0, 0.1) is 0 Å². The Balaban J connectivity index is 1.36. The van der Waals surface area contributed by atoms with Gasteiger partial charge in [-0.15, -0.1) is 0 Å². The van der Waals surface area contributed by atoms with Crippen molar-refractivity contribution in [2.75, 3.05) is 5.43 Å². The highest BCUT2D eigenvalue weighted by Crippen LogP contribution is 2.27. The van der Waals surface area contributed by atoms with E-state index in [9.17, 15) is 0 Å². The van der Waals surface area contributed by atoms with Crippen molar-refractivity contribution < 1.29 is 0 Å². The molecule has 0 aliphatic rings. The molecule has 6 nitrogen and oxygen atoms in total. The Bertz CT molecular complexity index is 1640. The SMILES string of the molecule is C(=NNc1nc(-c2ccccc2)c2ccccc2n1)c1cn(-c2ccccc2)nc1-c1ccccc1. The van der Waals surface area contributed by atoms with Gasteiger partial charge in [0, 0.05) is 28.3 Å². The lowest BCUT2D eigenvalue weighted by atomic mass is 10.1. The maximum Gasteiger partial charge on any atom is 0.244 e. The van der Waals surface area contributed by atoms with Gasteiger partial charge in [0.2, 0.25) is 5.95 Å². The Hall–Kier alpha value is -5.10. The zero-order valence-corrected chi connectivity index (χ0v) is 19.4. The topological polar surface area (TPSA) is 68.0 Å². The molecule has 2 aromatic heterocycles. The Labute approximate surface area is 208 Å². The number of rotatable bonds is 6. The molecule has 0 amide bonds. The molecule has 0 aliphatic carbocycles. The average Bonchev–Trinajstić information content (AvgIpc) is 3.38. The van der Waals surface area contributed by atoms with E-state index in [-0.39, 0.29) is 0 Å². The van der Waals surface area contributed by atoms with Gasteiger partial charge in [-0.2, -0.15) is 10.2 Å². The number of nitrogens with one attached hydrogen (secondary N) is 1. The summed E-state index contributed by atoms with van der Waals surface area (Å²) in [5.74, 6) is 0.431. The van der Waals surface area contributed by atoms with Gasteiger partial charge in [0.15, 0.2) is 0 Å². The van der Waals surface area contributed by atoms with Crippen molar-refractivity contribution in [2.45, 2.75) is 0 Å². The van der Waals surface area contributed by atoms with Crippen molar-refractivity contribution in [3.8, 4) is 28.2 Å². The molecular weight excluding hydrogens is 444 g/mol. The summed E-state index contributed by atoms with van der Waals surface area (Å²) in [6.45, 7) is 0. The Morgan fingerprint density at radius 2 is 1.25 bits per heavy atom. The van der Waals surface area contributed by atoms with Gasteiger partial charge in [-0.05, 0) is 18.2 Å². The van der Waals surface area contributed by atoms with Crippen molar-refractivity contribution in [3.63, 3.8) is 0 Å². The number of aromatic nitrogens is 4. The minimum absolute atomic E-state index is 0.431. The molecule has 0 fully saturated rings. The lowest BCUT2D eigenvalue weighted by Gasteiger charge is -2.08. The van der Waals surface area contributed by atoms with E-state index in [4.69, 9.17) is 10.1 Å². The van der Waals surface area contributed by atoms with Crippen LogP contribution in [-0.4, -0.2) is 26.0 Å². The number of para-hydroxylation sites is 2. The fourth-order valence-corrected chi connectivity index (χ4v) is 4.12. The molecule has 172 valence electrons. The number of benzene rings is 4. The van der Waals surface area contributed by atoms with Gasteiger partial charge in [0.25, 0.3) is 0 Å². The minimum atomic E-state index is 0.431. The van der Waals surface area contributed by atoms with Crippen LogP contribution in [0.1, 0.15) is 5.56 Å². The summed E-state index contributed by atoms with van der Waals surface area (Å²) in [6, 6.07) is 38.2. The van der Waals surface area contributed by atoms with Crippen LogP contribution in [0.4, 0.5) is 5.95 Å². The predicted octanol–water partition coefficient (Wildman–Crippen LogP) is 6.60. The third kappa shape index (κ3) is 4.35. The molecule has 6 aromatic rings. The molecule has 36 heavy (non-hydrogen) atoms. The fourth-order valence-electron chi connectivity index (χ4n) is 4.12. The van der Waals surface area contributed by atoms with Crippen molar-refractivity contribution in [3.05, 3.63) is 127 Å². The van der Waals surface area contributed by atoms with Crippen molar-refractivity contribution in [1.82, 2.24) is 19.7 Å². The first-order valence-corrected chi connectivity index (χ1v) is 11.7. The molecule has 0 saturated heterocycles. The molecule has 0 saturated carbocycles. The summed E-state index contributed by atoms with van der Waals surface area (Å²) in [5, 5.41) is 10.3. The molecule has 0 radical (unpaired) electrons. The zero-order chi connectivity index (χ0) is 24.2. The number of hydrogen-bond acceptors (Lipinski definition) is 5. The predicted molar refractivity (Wildman–Crippen MR) is 145 cm³/mol. The van der Waals surface area contributed by atoms with Gasteiger partial charge in [0.05, 0.1) is 23.1 Å². The van der Waals surface area contributed by atoms with E-state index in [0.717, 1.165) is 44.7 Å². The third-order valence-corrected chi connectivity index (χ3v) is 5.83. The quantitative estimate of drug-likeness (QED) is 0.222. The Morgan fingerprint density at radius 3 is 1.97 bits per heavy atom. The second kappa shape index (κ2) is 9.64. The number of nitrogens with zero attached hydrogens (tertiary/aromatic N) is 5. The van der Waals surface area contributed by atoms with Crippen LogP contribution in [-0.2, 0) is 0 Å².